The van der Waals surface area contributed by atoms with E-state index in [1.54, 1.807) is 36.4 Å². The summed E-state index contributed by atoms with van der Waals surface area (Å²) in [6.45, 7) is 0. The molecule has 0 atom stereocenters. The van der Waals surface area contributed by atoms with Crippen LogP contribution in [0.25, 0.3) is 5.82 Å². The summed E-state index contributed by atoms with van der Waals surface area (Å²) in [4.78, 5) is 15.9. The van der Waals surface area contributed by atoms with Gasteiger partial charge in [-0.1, -0.05) is 23.7 Å². The van der Waals surface area contributed by atoms with Crippen molar-refractivity contribution >= 4 is 23.2 Å². The van der Waals surface area contributed by atoms with Crippen molar-refractivity contribution in [2.75, 3.05) is 5.32 Å². The van der Waals surface area contributed by atoms with E-state index < -0.39 is 0 Å². The van der Waals surface area contributed by atoms with E-state index in [2.05, 4.69) is 25.6 Å². The Labute approximate surface area is 124 Å². The van der Waals surface area contributed by atoms with E-state index in [0.717, 1.165) is 0 Å². The van der Waals surface area contributed by atoms with Crippen molar-refractivity contribution in [3.8, 4) is 5.82 Å². The van der Waals surface area contributed by atoms with Gasteiger partial charge in [-0.3, -0.25) is 4.79 Å². The summed E-state index contributed by atoms with van der Waals surface area (Å²) in [7, 11) is 0. The van der Waals surface area contributed by atoms with Gasteiger partial charge in [0.2, 0.25) is 0 Å². The maximum Gasteiger partial charge on any atom is 0.276 e. The molecule has 2 aromatic heterocycles. The zero-order valence-corrected chi connectivity index (χ0v) is 11.4. The fourth-order valence-electron chi connectivity index (χ4n) is 1.64. The van der Waals surface area contributed by atoms with Gasteiger partial charge < -0.3 is 5.32 Å². The van der Waals surface area contributed by atoms with Gasteiger partial charge in [0.15, 0.2) is 11.5 Å². The maximum atomic E-state index is 12.1. The predicted octanol–water partition coefficient (Wildman–Crippen LogP) is 1.96. The third-order valence-corrected chi connectivity index (χ3v) is 2.99. The smallest absolute Gasteiger partial charge is 0.276 e. The highest BCUT2D eigenvalue weighted by Crippen LogP contribution is 2.20. The van der Waals surface area contributed by atoms with Gasteiger partial charge in [0.1, 0.15) is 12.7 Å². The average molecular weight is 301 g/mol. The molecular formula is C13H9ClN6O. The summed E-state index contributed by atoms with van der Waals surface area (Å²) < 4.78 is 1.45. The highest BCUT2D eigenvalue weighted by molar-refractivity contribution is 6.33. The molecule has 0 saturated carbocycles. The first-order valence-electron chi connectivity index (χ1n) is 5.98. The fraction of sp³-hybridized carbons (Fsp3) is 0. The van der Waals surface area contributed by atoms with Crippen molar-refractivity contribution in [3.63, 3.8) is 0 Å². The lowest BCUT2D eigenvalue weighted by Gasteiger charge is -2.06. The molecule has 0 aliphatic carbocycles. The van der Waals surface area contributed by atoms with Crippen LogP contribution in [0.4, 0.5) is 5.69 Å². The lowest BCUT2D eigenvalue weighted by Crippen LogP contribution is -2.15. The highest BCUT2D eigenvalue weighted by atomic mass is 35.5. The minimum Gasteiger partial charge on any atom is -0.319 e. The van der Waals surface area contributed by atoms with Gasteiger partial charge in [-0.05, 0) is 24.3 Å². The average Bonchev–Trinajstić information content (AvgIpc) is 3.04. The molecule has 0 bridgehead atoms. The van der Waals surface area contributed by atoms with E-state index in [1.165, 1.54) is 17.3 Å². The predicted molar refractivity (Wildman–Crippen MR) is 76.4 cm³/mol. The Balaban J connectivity index is 1.78. The molecule has 0 fully saturated rings. The number of rotatable bonds is 3. The lowest BCUT2D eigenvalue weighted by molar-refractivity contribution is 0.102. The van der Waals surface area contributed by atoms with Crippen molar-refractivity contribution in [1.82, 2.24) is 25.0 Å². The monoisotopic (exact) mass is 300 g/mol. The third kappa shape index (κ3) is 2.87. The summed E-state index contributed by atoms with van der Waals surface area (Å²) in [5.74, 6) is 0.0857. The van der Waals surface area contributed by atoms with Crippen LogP contribution in [-0.2, 0) is 0 Å². The number of halogens is 1. The Hall–Kier alpha value is -2.80. The second kappa shape index (κ2) is 5.68. The van der Waals surface area contributed by atoms with Crippen LogP contribution in [0.1, 0.15) is 10.5 Å². The van der Waals surface area contributed by atoms with Crippen molar-refractivity contribution in [2.24, 2.45) is 0 Å². The summed E-state index contributed by atoms with van der Waals surface area (Å²) in [5.41, 5.74) is 0.699. The Morgan fingerprint density at radius 1 is 1.14 bits per heavy atom. The topological polar surface area (TPSA) is 85.6 Å². The Bertz CT molecular complexity index is 757. The SMILES string of the molecule is O=C(Nc1ccccc1Cl)c1ccc(-n2cncn2)nn1. The van der Waals surface area contributed by atoms with E-state index in [4.69, 9.17) is 11.6 Å². The first kappa shape index (κ1) is 13.2. The highest BCUT2D eigenvalue weighted by Gasteiger charge is 2.10. The molecule has 0 aliphatic heterocycles. The second-order valence-electron chi connectivity index (χ2n) is 4.05. The summed E-state index contributed by atoms with van der Waals surface area (Å²) >= 11 is 5.98. The number of carbonyl (C=O) groups is 1. The van der Waals surface area contributed by atoms with E-state index in [0.29, 0.717) is 16.5 Å². The second-order valence-corrected chi connectivity index (χ2v) is 4.46. The van der Waals surface area contributed by atoms with Crippen LogP contribution in [0.15, 0.2) is 49.1 Å². The van der Waals surface area contributed by atoms with E-state index in [-0.39, 0.29) is 11.6 Å². The van der Waals surface area contributed by atoms with Crippen LogP contribution in [-0.4, -0.2) is 30.9 Å². The molecule has 8 heteroatoms. The molecule has 3 aromatic rings. The molecule has 1 amide bonds. The molecule has 7 nitrogen and oxygen atoms in total. The minimum absolute atomic E-state index is 0.179. The van der Waals surface area contributed by atoms with Gasteiger partial charge in [-0.15, -0.1) is 10.2 Å². The first-order chi connectivity index (χ1) is 10.2. The van der Waals surface area contributed by atoms with Crippen molar-refractivity contribution < 1.29 is 4.79 Å². The van der Waals surface area contributed by atoms with Crippen LogP contribution in [0, 0.1) is 0 Å². The molecule has 104 valence electrons. The van der Waals surface area contributed by atoms with Crippen LogP contribution in [0.5, 0.6) is 0 Å². The lowest BCUT2D eigenvalue weighted by atomic mass is 10.3. The van der Waals surface area contributed by atoms with Gasteiger partial charge in [0, 0.05) is 0 Å². The molecule has 0 saturated heterocycles. The zero-order valence-electron chi connectivity index (χ0n) is 10.6. The van der Waals surface area contributed by atoms with Crippen molar-refractivity contribution in [3.05, 3.63) is 59.8 Å². The van der Waals surface area contributed by atoms with Crippen LogP contribution < -0.4 is 5.32 Å². The van der Waals surface area contributed by atoms with Gasteiger partial charge in [0.05, 0.1) is 10.7 Å². The van der Waals surface area contributed by atoms with Crippen LogP contribution in [0.2, 0.25) is 5.02 Å². The van der Waals surface area contributed by atoms with Gasteiger partial charge in [0.25, 0.3) is 5.91 Å². The molecule has 0 aliphatic rings. The standard InChI is InChI=1S/C13H9ClN6O/c14-9-3-1-2-4-10(9)17-13(21)11-5-6-12(19-18-11)20-8-15-7-16-20/h1-8H,(H,17,21). The van der Waals surface area contributed by atoms with E-state index >= 15 is 0 Å². The largest absolute Gasteiger partial charge is 0.319 e. The maximum absolute atomic E-state index is 12.1. The van der Waals surface area contributed by atoms with Crippen LogP contribution in [0.3, 0.4) is 0 Å². The molecule has 21 heavy (non-hydrogen) atoms. The number of benzene rings is 1. The molecule has 3 rings (SSSR count). The number of hydrogen-bond donors (Lipinski definition) is 1. The van der Waals surface area contributed by atoms with Gasteiger partial charge in [-0.2, -0.15) is 5.10 Å². The third-order valence-electron chi connectivity index (χ3n) is 2.66. The molecule has 2 heterocycles. The Morgan fingerprint density at radius 3 is 2.67 bits per heavy atom. The first-order valence-corrected chi connectivity index (χ1v) is 6.36. The number of para-hydroxylation sites is 1. The number of aromatic nitrogens is 5. The zero-order chi connectivity index (χ0) is 14.7. The Morgan fingerprint density at radius 2 is 2.00 bits per heavy atom. The molecule has 0 spiro atoms. The Kier molecular flexibility index (Phi) is 3.57. The van der Waals surface area contributed by atoms with Gasteiger partial charge in [-0.25, -0.2) is 9.67 Å². The van der Waals surface area contributed by atoms with E-state index in [9.17, 15) is 4.79 Å². The number of anilines is 1. The normalized spacial score (nSPS) is 10.3. The van der Waals surface area contributed by atoms with Crippen molar-refractivity contribution in [1.29, 1.82) is 0 Å². The summed E-state index contributed by atoms with van der Waals surface area (Å²) in [6.07, 6.45) is 2.88. The van der Waals surface area contributed by atoms with Crippen molar-refractivity contribution in [2.45, 2.75) is 0 Å². The van der Waals surface area contributed by atoms with Gasteiger partial charge >= 0.3 is 0 Å². The minimum atomic E-state index is -0.388. The number of hydrogen-bond acceptors (Lipinski definition) is 5. The number of carbonyl (C=O) groups excluding carboxylic acids is 1. The summed E-state index contributed by atoms with van der Waals surface area (Å²) in [6, 6.07) is 10.1. The molecular weight excluding hydrogens is 292 g/mol. The molecule has 0 unspecified atom stereocenters. The molecule has 0 radical (unpaired) electrons. The number of nitrogens with zero attached hydrogens (tertiary/aromatic N) is 5. The molecule has 1 N–H and O–H groups in total. The van der Waals surface area contributed by atoms with E-state index in [1.807, 2.05) is 0 Å². The fourth-order valence-corrected chi connectivity index (χ4v) is 1.83. The number of nitrogens with one attached hydrogen (secondary N) is 1. The van der Waals surface area contributed by atoms with Crippen LogP contribution >= 0.6 is 11.6 Å². The molecule has 1 aromatic carbocycles. The number of amides is 1. The quantitative estimate of drug-likeness (QED) is 0.799. The summed E-state index contributed by atoms with van der Waals surface area (Å²) in [5, 5.41) is 14.8.